The third kappa shape index (κ3) is 4.16. The van der Waals surface area contributed by atoms with Gasteiger partial charge >= 0.3 is 0 Å². The zero-order valence-corrected chi connectivity index (χ0v) is 16.5. The third-order valence-electron chi connectivity index (χ3n) is 5.02. The number of nitrogens with one attached hydrogen (secondary N) is 1. The maximum atomic E-state index is 12.7. The van der Waals surface area contributed by atoms with Gasteiger partial charge in [-0.05, 0) is 42.7 Å². The highest BCUT2D eigenvalue weighted by Crippen LogP contribution is 2.21. The van der Waals surface area contributed by atoms with Crippen LogP contribution in [-0.2, 0) is 16.6 Å². The van der Waals surface area contributed by atoms with Gasteiger partial charge in [0.1, 0.15) is 5.65 Å². The first-order chi connectivity index (χ1) is 13.9. The molecule has 152 valence electrons. The Kier molecular flexibility index (Phi) is 5.35. The molecule has 29 heavy (non-hydrogen) atoms. The number of carbonyl (C=O) groups excluding carboxylic acids is 1. The van der Waals surface area contributed by atoms with Crippen LogP contribution in [0.3, 0.4) is 0 Å². The number of aliphatic hydroxyl groups excluding tert-OH is 1. The van der Waals surface area contributed by atoms with E-state index in [2.05, 4.69) is 10.3 Å². The average Bonchev–Trinajstić information content (AvgIpc) is 3.20. The van der Waals surface area contributed by atoms with Gasteiger partial charge in [0.25, 0.3) is 5.91 Å². The normalized spacial score (nSPS) is 18.0. The number of piperidine rings is 1. The highest BCUT2D eigenvalue weighted by molar-refractivity contribution is 7.89. The lowest BCUT2D eigenvalue weighted by Crippen LogP contribution is -2.42. The number of aliphatic hydroxyl groups is 1. The van der Waals surface area contributed by atoms with Crippen molar-refractivity contribution >= 4 is 21.6 Å². The maximum absolute atomic E-state index is 12.7. The van der Waals surface area contributed by atoms with Gasteiger partial charge in [-0.1, -0.05) is 12.1 Å². The molecule has 1 fully saturated rings. The van der Waals surface area contributed by atoms with Crippen LogP contribution >= 0.6 is 0 Å². The molecule has 8 nitrogen and oxygen atoms in total. The molecule has 2 aromatic heterocycles. The molecular weight excluding hydrogens is 392 g/mol. The van der Waals surface area contributed by atoms with E-state index in [1.165, 1.54) is 16.4 Å². The van der Waals surface area contributed by atoms with E-state index in [1.807, 2.05) is 0 Å². The van der Waals surface area contributed by atoms with Gasteiger partial charge in [-0.2, -0.15) is 4.31 Å². The lowest BCUT2D eigenvalue weighted by atomic mass is 10.1. The van der Waals surface area contributed by atoms with E-state index in [-0.39, 0.29) is 23.9 Å². The second-order valence-corrected chi connectivity index (χ2v) is 9.03. The molecule has 3 aromatic rings. The Labute approximate surface area is 168 Å². The highest BCUT2D eigenvalue weighted by Gasteiger charge is 2.29. The van der Waals surface area contributed by atoms with Crippen molar-refractivity contribution in [1.82, 2.24) is 19.0 Å². The van der Waals surface area contributed by atoms with Gasteiger partial charge in [0, 0.05) is 38.2 Å². The number of aromatic nitrogens is 2. The van der Waals surface area contributed by atoms with Crippen LogP contribution in [0, 0.1) is 0 Å². The Bertz CT molecular complexity index is 1120. The Morgan fingerprint density at radius 1 is 1.21 bits per heavy atom. The lowest BCUT2D eigenvalue weighted by Gasteiger charge is -2.29. The third-order valence-corrected chi connectivity index (χ3v) is 6.90. The van der Waals surface area contributed by atoms with Gasteiger partial charge in [0.2, 0.25) is 10.0 Å². The zero-order valence-electron chi connectivity index (χ0n) is 15.7. The van der Waals surface area contributed by atoms with E-state index in [4.69, 9.17) is 0 Å². The fourth-order valence-corrected chi connectivity index (χ4v) is 4.92. The molecule has 9 heteroatoms. The van der Waals surface area contributed by atoms with Crippen molar-refractivity contribution in [2.24, 2.45) is 0 Å². The monoisotopic (exact) mass is 414 g/mol. The number of β-amino-alcohol motifs (C(OH)–C–C–N with tert-alkyl or cyclic N) is 1. The molecule has 2 N–H and O–H groups in total. The summed E-state index contributed by atoms with van der Waals surface area (Å²) in [4.78, 5) is 16.7. The second-order valence-electron chi connectivity index (χ2n) is 7.10. The molecule has 1 unspecified atom stereocenters. The summed E-state index contributed by atoms with van der Waals surface area (Å²) >= 11 is 0. The maximum Gasteiger partial charge on any atom is 0.253 e. The molecule has 1 atom stereocenters. The molecule has 1 aliphatic rings. The molecule has 1 aromatic carbocycles. The van der Waals surface area contributed by atoms with E-state index < -0.39 is 16.1 Å². The number of sulfonamides is 1. The number of hydrogen-bond acceptors (Lipinski definition) is 5. The average molecular weight is 414 g/mol. The number of pyridine rings is 1. The molecule has 1 saturated heterocycles. The Balaban J connectivity index is 1.40. The van der Waals surface area contributed by atoms with Gasteiger partial charge in [-0.15, -0.1) is 0 Å². The fourth-order valence-electron chi connectivity index (χ4n) is 3.41. The van der Waals surface area contributed by atoms with Crippen LogP contribution < -0.4 is 5.32 Å². The van der Waals surface area contributed by atoms with Crippen LogP contribution in [0.25, 0.3) is 5.65 Å². The SMILES string of the molecule is O=C(NCc1ccc(S(=O)(=O)N2CCCC(O)C2)cc1)c1ccc2nccn2c1. The Hall–Kier alpha value is -2.75. The zero-order chi connectivity index (χ0) is 20.4. The summed E-state index contributed by atoms with van der Waals surface area (Å²) in [5, 5.41) is 12.6. The van der Waals surface area contributed by atoms with Crippen LogP contribution in [-0.4, -0.2) is 52.3 Å². The molecule has 4 rings (SSSR count). The van der Waals surface area contributed by atoms with Crippen LogP contribution in [0.2, 0.25) is 0 Å². The van der Waals surface area contributed by atoms with Crippen LogP contribution in [0.4, 0.5) is 0 Å². The van der Waals surface area contributed by atoms with Gasteiger partial charge in [-0.3, -0.25) is 4.79 Å². The summed E-state index contributed by atoms with van der Waals surface area (Å²) in [6.07, 6.45) is 5.80. The van der Waals surface area contributed by atoms with Crippen molar-refractivity contribution in [1.29, 1.82) is 0 Å². The Morgan fingerprint density at radius 3 is 2.76 bits per heavy atom. The number of nitrogens with zero attached hydrogens (tertiary/aromatic N) is 3. The quantitative estimate of drug-likeness (QED) is 0.657. The number of hydrogen-bond donors (Lipinski definition) is 2. The summed E-state index contributed by atoms with van der Waals surface area (Å²) in [6.45, 7) is 0.823. The lowest BCUT2D eigenvalue weighted by molar-refractivity contribution is 0.0950. The first-order valence-corrected chi connectivity index (χ1v) is 10.9. The van der Waals surface area contributed by atoms with Crippen molar-refractivity contribution in [2.75, 3.05) is 13.1 Å². The minimum Gasteiger partial charge on any atom is -0.392 e. The number of amides is 1. The van der Waals surface area contributed by atoms with Crippen LogP contribution in [0.15, 0.2) is 59.9 Å². The number of rotatable bonds is 5. The smallest absolute Gasteiger partial charge is 0.253 e. The summed E-state index contributed by atoms with van der Waals surface area (Å²) in [5.41, 5.74) is 2.07. The van der Waals surface area contributed by atoms with Gasteiger partial charge in [0.05, 0.1) is 16.6 Å². The number of fused-ring (bicyclic) bond motifs is 1. The molecule has 0 bridgehead atoms. The molecule has 0 aliphatic carbocycles. The van der Waals surface area contributed by atoms with Gasteiger partial charge in [-0.25, -0.2) is 13.4 Å². The van der Waals surface area contributed by atoms with Crippen molar-refractivity contribution < 1.29 is 18.3 Å². The predicted molar refractivity (Wildman–Crippen MR) is 107 cm³/mol. The molecule has 0 spiro atoms. The van der Waals surface area contributed by atoms with Gasteiger partial charge in [0.15, 0.2) is 0 Å². The summed E-state index contributed by atoms with van der Waals surface area (Å²) < 4.78 is 28.5. The van der Waals surface area contributed by atoms with Crippen molar-refractivity contribution in [3.63, 3.8) is 0 Å². The molecule has 1 aliphatic heterocycles. The van der Waals surface area contributed by atoms with E-state index in [0.29, 0.717) is 24.9 Å². The van der Waals surface area contributed by atoms with E-state index in [1.54, 1.807) is 47.3 Å². The predicted octanol–water partition coefficient (Wildman–Crippen LogP) is 1.41. The molecule has 0 saturated carbocycles. The van der Waals surface area contributed by atoms with Crippen molar-refractivity contribution in [3.8, 4) is 0 Å². The fraction of sp³-hybridized carbons (Fsp3) is 0.300. The first-order valence-electron chi connectivity index (χ1n) is 9.41. The number of carbonyl (C=O) groups is 1. The van der Waals surface area contributed by atoms with Gasteiger partial charge < -0.3 is 14.8 Å². The van der Waals surface area contributed by atoms with Crippen molar-refractivity contribution in [2.45, 2.75) is 30.4 Å². The largest absolute Gasteiger partial charge is 0.392 e. The topological polar surface area (TPSA) is 104 Å². The van der Waals surface area contributed by atoms with Crippen LogP contribution in [0.5, 0.6) is 0 Å². The van der Waals surface area contributed by atoms with E-state index in [9.17, 15) is 18.3 Å². The minimum atomic E-state index is -3.62. The number of benzene rings is 1. The molecular formula is C20H22N4O4S. The summed E-state index contributed by atoms with van der Waals surface area (Å²) in [6, 6.07) is 9.93. The molecule has 1 amide bonds. The first kappa shape index (κ1) is 19.6. The van der Waals surface area contributed by atoms with Crippen LogP contribution in [0.1, 0.15) is 28.8 Å². The summed E-state index contributed by atoms with van der Waals surface area (Å²) in [5.74, 6) is -0.223. The second kappa shape index (κ2) is 7.94. The highest BCUT2D eigenvalue weighted by atomic mass is 32.2. The number of imidazole rings is 1. The van der Waals surface area contributed by atoms with E-state index in [0.717, 1.165) is 11.2 Å². The molecule has 0 radical (unpaired) electrons. The standard InChI is InChI=1S/C20H22N4O4S/c25-17-2-1-10-24(14-17)29(27,28)18-6-3-15(4-7-18)12-22-20(26)16-5-8-19-21-9-11-23(19)13-16/h3-9,11,13,17,25H,1-2,10,12,14H2,(H,22,26). The molecule has 3 heterocycles. The van der Waals surface area contributed by atoms with Crippen molar-refractivity contribution in [3.05, 3.63) is 66.1 Å². The summed E-state index contributed by atoms with van der Waals surface area (Å²) in [7, 11) is -3.62. The minimum absolute atomic E-state index is 0.126. The Morgan fingerprint density at radius 2 is 2.00 bits per heavy atom. The van der Waals surface area contributed by atoms with E-state index >= 15 is 0 Å².